The third kappa shape index (κ3) is 5.51. The van der Waals surface area contributed by atoms with Crippen molar-refractivity contribution in [2.45, 2.75) is 115 Å². The molecule has 0 bridgehead atoms. The summed E-state index contributed by atoms with van der Waals surface area (Å²) in [5.74, 6) is 0. The molecule has 11 nitrogen and oxygen atoms in total. The van der Waals surface area contributed by atoms with Crippen molar-refractivity contribution >= 4 is 26.8 Å². The first-order chi connectivity index (χ1) is 17.9. The molecule has 0 aromatic carbocycles. The van der Waals surface area contributed by atoms with Gasteiger partial charge in [0.1, 0.15) is 6.10 Å². The summed E-state index contributed by atoms with van der Waals surface area (Å²) < 4.78 is 53.9. The Balaban J connectivity index is 2.37. The average Bonchev–Trinajstić information content (AvgIpc) is 3.18. The van der Waals surface area contributed by atoms with E-state index in [9.17, 15) is 18.0 Å². The van der Waals surface area contributed by atoms with Gasteiger partial charge < -0.3 is 19.3 Å². The van der Waals surface area contributed by atoms with Crippen LogP contribution in [-0.4, -0.2) is 52.2 Å². The molecule has 1 saturated heterocycles. The number of hydrogen-bond acceptors (Lipinski definition) is 9. The minimum absolute atomic E-state index is 0.0260. The number of ether oxygens (including phenoxy) is 1. The Kier molecular flexibility index (Phi) is 8.31. The molecule has 0 aliphatic carbocycles. The zero-order valence-corrected chi connectivity index (χ0v) is 28.3. The molecule has 0 radical (unpaired) electrons. The van der Waals surface area contributed by atoms with E-state index in [-0.39, 0.29) is 27.9 Å². The van der Waals surface area contributed by atoms with Crippen LogP contribution in [0.25, 0.3) is 0 Å². The average molecular weight is 616 g/mol. The molecule has 0 saturated carbocycles. The maximum Gasteiger partial charge on any atom is 0.333 e. The molecule has 1 unspecified atom stereocenters. The Morgan fingerprint density at radius 3 is 2.05 bits per heavy atom. The Bertz CT molecular complexity index is 1430. The van der Waals surface area contributed by atoms with Crippen molar-refractivity contribution in [2.24, 2.45) is 5.73 Å². The zero-order valence-electron chi connectivity index (χ0n) is 25.5. The highest BCUT2D eigenvalue weighted by atomic mass is 32.2. The summed E-state index contributed by atoms with van der Waals surface area (Å²) in [6.45, 7) is 25.4. The highest BCUT2D eigenvalue weighted by Crippen LogP contribution is 2.53. The number of nitrogens with two attached hydrogens (primary N) is 1. The fourth-order valence-corrected chi connectivity index (χ4v) is 7.78. The van der Waals surface area contributed by atoms with Gasteiger partial charge in [-0.1, -0.05) is 47.6 Å². The summed E-state index contributed by atoms with van der Waals surface area (Å²) in [5, 5.41) is 0.261. The first kappa shape index (κ1) is 32.7. The number of rotatable bonds is 7. The quantitative estimate of drug-likeness (QED) is 0.276. The van der Waals surface area contributed by atoms with E-state index in [2.05, 4.69) is 6.58 Å². The summed E-state index contributed by atoms with van der Waals surface area (Å²) in [7, 11) is -9.56. The van der Waals surface area contributed by atoms with Crippen LogP contribution in [0.5, 0.6) is 0 Å². The van der Waals surface area contributed by atoms with E-state index in [1.54, 1.807) is 6.92 Å². The molecule has 226 valence electrons. The van der Waals surface area contributed by atoms with Gasteiger partial charge in [-0.25, -0.2) is 8.98 Å². The van der Waals surface area contributed by atoms with Gasteiger partial charge in [0, 0.05) is 18.3 Å². The maximum atomic E-state index is 13.7. The van der Waals surface area contributed by atoms with Crippen molar-refractivity contribution in [3.8, 4) is 0 Å². The Hall–Kier alpha value is -1.82. The number of allylic oxidation sites excluding steroid dienone is 1. The van der Waals surface area contributed by atoms with Gasteiger partial charge in [-0.2, -0.15) is 8.42 Å². The lowest BCUT2D eigenvalue weighted by Crippen LogP contribution is -2.60. The van der Waals surface area contributed by atoms with Gasteiger partial charge in [0.25, 0.3) is 15.7 Å². The summed E-state index contributed by atoms with van der Waals surface area (Å²) in [6, 6.07) is 0. The summed E-state index contributed by atoms with van der Waals surface area (Å²) in [5.41, 5.74) is 3.60. The molecule has 2 aliphatic heterocycles. The second-order valence-electron chi connectivity index (χ2n) is 13.7. The van der Waals surface area contributed by atoms with Crippen molar-refractivity contribution < 1.29 is 26.2 Å². The lowest BCUT2D eigenvalue weighted by Gasteiger charge is -2.44. The molecule has 1 spiro atoms. The van der Waals surface area contributed by atoms with Gasteiger partial charge in [-0.05, 0) is 43.2 Å². The first-order valence-electron chi connectivity index (χ1n) is 13.3. The number of hydrogen-bond donors (Lipinski definition) is 1. The Morgan fingerprint density at radius 2 is 1.60 bits per heavy atom. The molecule has 1 fully saturated rings. The van der Waals surface area contributed by atoms with Gasteiger partial charge in [0.2, 0.25) is 5.60 Å². The molecule has 3 heterocycles. The van der Waals surface area contributed by atoms with E-state index in [1.807, 2.05) is 67.7 Å². The molecule has 1 aromatic heterocycles. The first-order valence-corrected chi connectivity index (χ1v) is 20.6. The SMILES string of the molecule is C=CCn1c(=O)c(C)cn([C@@H]2O[C@H](O[Si](C)(C)C(C)(C)C)C3(OS(=O)(=O)C=C3N)[C@H]2O[Si](C)(C)C(C)(C)C)c1=O. The molecule has 3 rings (SSSR count). The van der Waals surface area contributed by atoms with Crippen LogP contribution < -0.4 is 17.0 Å². The van der Waals surface area contributed by atoms with E-state index in [0.717, 1.165) is 9.98 Å². The lowest BCUT2D eigenvalue weighted by molar-refractivity contribution is -0.147. The third-order valence-electron chi connectivity index (χ3n) is 8.66. The molecule has 40 heavy (non-hydrogen) atoms. The van der Waals surface area contributed by atoms with Crippen LogP contribution in [0.4, 0.5) is 0 Å². The normalized spacial score (nSPS) is 27.3. The summed E-state index contributed by atoms with van der Waals surface area (Å²) in [6.07, 6.45) is -0.920. The Morgan fingerprint density at radius 1 is 1.07 bits per heavy atom. The van der Waals surface area contributed by atoms with Crippen molar-refractivity contribution in [1.29, 1.82) is 0 Å². The van der Waals surface area contributed by atoms with Crippen LogP contribution in [0.3, 0.4) is 0 Å². The minimum atomic E-state index is -4.23. The van der Waals surface area contributed by atoms with Crippen molar-refractivity contribution in [3.63, 3.8) is 0 Å². The molecule has 14 heteroatoms. The minimum Gasteiger partial charge on any atom is -0.406 e. The molecular formula is C26H45N3O8SSi2. The van der Waals surface area contributed by atoms with Crippen LogP contribution in [0.2, 0.25) is 36.3 Å². The van der Waals surface area contributed by atoms with Crippen LogP contribution in [-0.2, 0) is 34.4 Å². The predicted octanol–water partition coefficient (Wildman–Crippen LogP) is 3.67. The van der Waals surface area contributed by atoms with Gasteiger partial charge in [-0.15, -0.1) is 6.58 Å². The van der Waals surface area contributed by atoms with E-state index in [4.69, 9.17) is 23.5 Å². The highest BCUT2D eigenvalue weighted by Gasteiger charge is 2.69. The van der Waals surface area contributed by atoms with E-state index in [1.165, 1.54) is 16.8 Å². The summed E-state index contributed by atoms with van der Waals surface area (Å²) in [4.78, 5) is 26.5. The van der Waals surface area contributed by atoms with Gasteiger partial charge in [0.05, 0.1) is 11.1 Å². The molecule has 0 amide bonds. The molecule has 2 aliphatic rings. The van der Waals surface area contributed by atoms with E-state index >= 15 is 0 Å². The molecule has 1 aromatic rings. The fourth-order valence-electron chi connectivity index (χ4n) is 4.19. The highest BCUT2D eigenvalue weighted by molar-refractivity contribution is 7.90. The number of aryl methyl sites for hydroxylation is 1. The second kappa shape index (κ2) is 10.2. The topological polar surface area (TPSA) is 141 Å². The van der Waals surface area contributed by atoms with E-state index < -0.39 is 62.2 Å². The number of aromatic nitrogens is 2. The summed E-state index contributed by atoms with van der Waals surface area (Å²) >= 11 is 0. The number of nitrogens with zero attached hydrogens (tertiary/aromatic N) is 2. The van der Waals surface area contributed by atoms with Crippen LogP contribution >= 0.6 is 0 Å². The monoisotopic (exact) mass is 615 g/mol. The standard InChI is InChI=1S/C26H45N3O8SSi2/c1-13-14-28-20(30)17(2)15-29(23(28)31)21-19(35-39(9,10)24(3,4)5)26(18(27)16-38(32,33)37-26)22(34-21)36-40(11,12)25(6,7)8/h13,15-16,19,21-22H,1,14,27H2,2-12H3/t19-,21+,22+,26?/m0/s1. The van der Waals surface area contributed by atoms with Crippen LogP contribution in [0.15, 0.2) is 39.5 Å². The smallest absolute Gasteiger partial charge is 0.333 e. The van der Waals surface area contributed by atoms with Crippen molar-refractivity contribution in [3.05, 3.63) is 56.4 Å². The zero-order chi connectivity index (χ0) is 30.9. The van der Waals surface area contributed by atoms with Crippen LogP contribution in [0, 0.1) is 6.92 Å². The van der Waals surface area contributed by atoms with Crippen molar-refractivity contribution in [1.82, 2.24) is 9.13 Å². The van der Waals surface area contributed by atoms with Gasteiger partial charge in [-0.3, -0.25) is 13.9 Å². The fraction of sp³-hybridized carbons (Fsp3) is 0.692. The van der Waals surface area contributed by atoms with Crippen molar-refractivity contribution in [2.75, 3.05) is 0 Å². The van der Waals surface area contributed by atoms with Crippen LogP contribution in [0.1, 0.15) is 53.3 Å². The largest absolute Gasteiger partial charge is 0.406 e. The molecule has 2 N–H and O–H groups in total. The lowest BCUT2D eigenvalue weighted by atomic mass is 9.94. The Labute approximate surface area is 239 Å². The maximum absolute atomic E-state index is 13.7. The predicted molar refractivity (Wildman–Crippen MR) is 159 cm³/mol. The molecule has 4 atom stereocenters. The van der Waals surface area contributed by atoms with Gasteiger partial charge >= 0.3 is 5.69 Å². The second-order valence-corrected chi connectivity index (χ2v) is 24.6. The molecular weight excluding hydrogens is 571 g/mol. The van der Waals surface area contributed by atoms with Gasteiger partial charge in [0.15, 0.2) is 29.2 Å². The third-order valence-corrected chi connectivity index (χ3v) is 18.6. The van der Waals surface area contributed by atoms with E-state index in [0.29, 0.717) is 0 Å².